The van der Waals surface area contributed by atoms with Crippen LogP contribution >= 0.6 is 11.3 Å². The van der Waals surface area contributed by atoms with E-state index in [0.29, 0.717) is 0 Å². The molecule has 4 heteroatoms. The second-order valence-electron chi connectivity index (χ2n) is 6.16. The molecule has 110 valence electrons. The number of aryl methyl sites for hydroxylation is 1. The molecular weight excluding hydrogens is 270 g/mol. The summed E-state index contributed by atoms with van der Waals surface area (Å²) in [6.07, 6.45) is 5.74. The number of aliphatic hydroxyl groups excluding tert-OH is 1. The van der Waals surface area contributed by atoms with Crippen LogP contribution in [0.5, 0.6) is 0 Å². The fourth-order valence-electron chi connectivity index (χ4n) is 3.37. The van der Waals surface area contributed by atoms with E-state index in [-0.39, 0.29) is 18.4 Å². The molecule has 0 radical (unpaired) electrons. The number of hydrogen-bond acceptors (Lipinski definition) is 3. The fraction of sp³-hybridized carbons (Fsp3) is 0.688. The monoisotopic (exact) mass is 293 g/mol. The summed E-state index contributed by atoms with van der Waals surface area (Å²) in [5.41, 5.74) is 1.41. The third kappa shape index (κ3) is 2.63. The van der Waals surface area contributed by atoms with Gasteiger partial charge < -0.3 is 10.0 Å². The number of rotatable bonds is 3. The molecule has 1 aromatic heterocycles. The average molecular weight is 293 g/mol. The summed E-state index contributed by atoms with van der Waals surface area (Å²) in [5, 5.41) is 9.19. The van der Waals surface area contributed by atoms with Gasteiger partial charge in [-0.1, -0.05) is 13.3 Å². The fourth-order valence-corrected chi connectivity index (χ4v) is 4.55. The highest BCUT2D eigenvalue weighted by Gasteiger charge is 2.29. The van der Waals surface area contributed by atoms with Crippen LogP contribution in [0.1, 0.15) is 46.3 Å². The Morgan fingerprint density at radius 1 is 1.45 bits per heavy atom. The van der Waals surface area contributed by atoms with Gasteiger partial charge in [0.05, 0.1) is 4.88 Å². The number of fused-ring (bicyclic) bond motifs is 1. The first kappa shape index (κ1) is 14.1. The van der Waals surface area contributed by atoms with Crippen molar-refractivity contribution in [1.82, 2.24) is 4.90 Å². The van der Waals surface area contributed by atoms with Gasteiger partial charge in [0.1, 0.15) is 0 Å². The third-order valence-corrected chi connectivity index (χ3v) is 6.03. The molecule has 1 N–H and O–H groups in total. The molecule has 1 aromatic rings. The second-order valence-corrected chi connectivity index (χ2v) is 7.30. The maximum absolute atomic E-state index is 12.5. The van der Waals surface area contributed by atoms with Crippen LogP contribution in [0.3, 0.4) is 0 Å². The molecule has 1 aliphatic heterocycles. The van der Waals surface area contributed by atoms with E-state index in [1.807, 2.05) is 4.90 Å². The Bertz CT molecular complexity index is 497. The lowest BCUT2D eigenvalue weighted by Gasteiger charge is -2.19. The smallest absolute Gasteiger partial charge is 0.263 e. The highest BCUT2D eigenvalue weighted by molar-refractivity contribution is 7.14. The molecule has 0 saturated carbocycles. The van der Waals surface area contributed by atoms with Gasteiger partial charge in [-0.3, -0.25) is 4.79 Å². The molecule has 2 heterocycles. The van der Waals surface area contributed by atoms with Gasteiger partial charge in [-0.15, -0.1) is 11.3 Å². The van der Waals surface area contributed by atoms with Crippen molar-refractivity contribution in [1.29, 1.82) is 0 Å². The minimum atomic E-state index is 0.174. The first-order chi connectivity index (χ1) is 9.71. The number of hydrogen-bond donors (Lipinski definition) is 1. The molecule has 1 aliphatic carbocycles. The van der Waals surface area contributed by atoms with Gasteiger partial charge in [0.2, 0.25) is 0 Å². The predicted molar refractivity (Wildman–Crippen MR) is 81.2 cm³/mol. The summed E-state index contributed by atoms with van der Waals surface area (Å²) in [6.45, 7) is 3.97. The SMILES string of the molecule is CCC1CCc2sc(C(=O)N3CCC(CO)C3)cc2C1. The van der Waals surface area contributed by atoms with Crippen LogP contribution < -0.4 is 0 Å². The Morgan fingerprint density at radius 3 is 3.00 bits per heavy atom. The Labute approximate surface area is 124 Å². The number of thiophene rings is 1. The normalized spacial score (nSPS) is 25.8. The molecule has 1 amide bonds. The number of nitrogens with zero attached hydrogens (tertiary/aromatic N) is 1. The highest BCUT2D eigenvalue weighted by atomic mass is 32.1. The van der Waals surface area contributed by atoms with Gasteiger partial charge in [0.25, 0.3) is 5.91 Å². The van der Waals surface area contributed by atoms with Crippen molar-refractivity contribution in [2.24, 2.45) is 11.8 Å². The molecule has 1 saturated heterocycles. The molecule has 0 aromatic carbocycles. The maximum Gasteiger partial charge on any atom is 0.263 e. The lowest BCUT2D eigenvalue weighted by atomic mass is 9.87. The van der Waals surface area contributed by atoms with E-state index in [9.17, 15) is 9.90 Å². The van der Waals surface area contributed by atoms with Crippen molar-refractivity contribution in [3.63, 3.8) is 0 Å². The van der Waals surface area contributed by atoms with E-state index in [0.717, 1.165) is 43.1 Å². The summed E-state index contributed by atoms with van der Waals surface area (Å²) in [5.74, 6) is 1.25. The summed E-state index contributed by atoms with van der Waals surface area (Å²) in [7, 11) is 0. The van der Waals surface area contributed by atoms with E-state index in [2.05, 4.69) is 13.0 Å². The molecule has 0 bridgehead atoms. The van der Waals surface area contributed by atoms with Crippen molar-refractivity contribution >= 4 is 17.2 Å². The number of carbonyl (C=O) groups is 1. The van der Waals surface area contributed by atoms with Crippen LogP contribution in [0.25, 0.3) is 0 Å². The second kappa shape index (κ2) is 5.86. The molecular formula is C16H23NO2S. The van der Waals surface area contributed by atoms with E-state index < -0.39 is 0 Å². The van der Waals surface area contributed by atoms with Crippen LogP contribution in [0.4, 0.5) is 0 Å². The number of likely N-dealkylation sites (tertiary alicyclic amines) is 1. The molecule has 2 unspecified atom stereocenters. The molecule has 1 fully saturated rings. The van der Waals surface area contributed by atoms with Gasteiger partial charge in [-0.25, -0.2) is 0 Å². The Kier molecular flexibility index (Phi) is 4.13. The van der Waals surface area contributed by atoms with Crippen LogP contribution in [0, 0.1) is 11.8 Å². The lowest BCUT2D eigenvalue weighted by Crippen LogP contribution is -2.28. The largest absolute Gasteiger partial charge is 0.396 e. The topological polar surface area (TPSA) is 40.5 Å². The molecule has 20 heavy (non-hydrogen) atoms. The first-order valence-electron chi connectivity index (χ1n) is 7.73. The van der Waals surface area contributed by atoms with Crippen molar-refractivity contribution in [2.45, 2.75) is 39.0 Å². The zero-order chi connectivity index (χ0) is 14.1. The minimum Gasteiger partial charge on any atom is -0.396 e. The summed E-state index contributed by atoms with van der Waals surface area (Å²) < 4.78 is 0. The molecule has 3 nitrogen and oxygen atoms in total. The van der Waals surface area contributed by atoms with Gasteiger partial charge >= 0.3 is 0 Å². The first-order valence-corrected chi connectivity index (χ1v) is 8.54. The van der Waals surface area contributed by atoms with Crippen LogP contribution in [0.15, 0.2) is 6.07 Å². The Balaban J connectivity index is 1.72. The van der Waals surface area contributed by atoms with Crippen LogP contribution in [-0.2, 0) is 12.8 Å². The molecule has 0 spiro atoms. The Morgan fingerprint density at radius 2 is 2.30 bits per heavy atom. The third-order valence-electron chi connectivity index (χ3n) is 4.80. The average Bonchev–Trinajstić information content (AvgIpc) is 3.11. The van der Waals surface area contributed by atoms with E-state index in [1.54, 1.807) is 11.3 Å². The number of amides is 1. The summed E-state index contributed by atoms with van der Waals surface area (Å²) >= 11 is 1.70. The number of aliphatic hydroxyl groups is 1. The minimum absolute atomic E-state index is 0.174. The van der Waals surface area contributed by atoms with Gasteiger partial charge in [0.15, 0.2) is 0 Å². The molecule has 2 aliphatic rings. The van der Waals surface area contributed by atoms with Gasteiger partial charge in [-0.05, 0) is 43.2 Å². The zero-order valence-corrected chi connectivity index (χ0v) is 12.9. The summed E-state index contributed by atoms with van der Waals surface area (Å²) in [6, 6.07) is 2.14. The van der Waals surface area contributed by atoms with Crippen molar-refractivity contribution in [2.75, 3.05) is 19.7 Å². The number of carbonyl (C=O) groups excluding carboxylic acids is 1. The Hall–Kier alpha value is -0.870. The van der Waals surface area contributed by atoms with E-state index in [4.69, 9.17) is 0 Å². The zero-order valence-electron chi connectivity index (χ0n) is 12.1. The van der Waals surface area contributed by atoms with Crippen molar-refractivity contribution in [3.8, 4) is 0 Å². The molecule has 2 atom stereocenters. The van der Waals surface area contributed by atoms with Crippen LogP contribution in [0.2, 0.25) is 0 Å². The van der Waals surface area contributed by atoms with Crippen molar-refractivity contribution < 1.29 is 9.90 Å². The van der Waals surface area contributed by atoms with E-state index in [1.165, 1.54) is 23.3 Å². The van der Waals surface area contributed by atoms with Gasteiger partial charge in [-0.2, -0.15) is 0 Å². The predicted octanol–water partition coefficient (Wildman–Crippen LogP) is 2.72. The van der Waals surface area contributed by atoms with Crippen LogP contribution in [-0.4, -0.2) is 35.6 Å². The molecule has 3 rings (SSSR count). The lowest BCUT2D eigenvalue weighted by molar-refractivity contribution is 0.0786. The van der Waals surface area contributed by atoms with E-state index >= 15 is 0 Å². The quantitative estimate of drug-likeness (QED) is 0.931. The highest BCUT2D eigenvalue weighted by Crippen LogP contribution is 2.34. The standard InChI is InChI=1S/C16H23NO2S/c1-2-11-3-4-14-13(7-11)8-15(20-14)16(19)17-6-5-12(9-17)10-18/h8,11-12,18H,2-7,9-10H2,1H3. The summed E-state index contributed by atoms with van der Waals surface area (Å²) in [4.78, 5) is 16.8. The van der Waals surface area contributed by atoms with Crippen molar-refractivity contribution in [3.05, 3.63) is 21.4 Å². The maximum atomic E-state index is 12.5. The van der Waals surface area contributed by atoms with Gasteiger partial charge in [0, 0.05) is 30.5 Å².